The highest BCUT2D eigenvalue weighted by atomic mass is 12.0. The summed E-state index contributed by atoms with van der Waals surface area (Å²) >= 11 is 0. The van der Waals surface area contributed by atoms with Crippen molar-refractivity contribution in [2.24, 2.45) is 0 Å². The molecule has 0 aliphatic carbocycles. The summed E-state index contributed by atoms with van der Waals surface area (Å²) in [7, 11) is 40.0. The fraction of sp³-hybridized carbons (Fsp3) is 1.00. The van der Waals surface area contributed by atoms with Crippen LogP contribution in [-0.2, 0) is 0 Å². The summed E-state index contributed by atoms with van der Waals surface area (Å²) in [4.78, 5) is 0. The van der Waals surface area contributed by atoms with Crippen LogP contribution in [0.4, 0.5) is 0 Å². The zero-order valence-corrected chi connectivity index (χ0v) is 5.77. The summed E-state index contributed by atoms with van der Waals surface area (Å²) in [5, 5.41) is 0. The van der Waals surface area contributed by atoms with Crippen molar-refractivity contribution < 1.29 is 0 Å². The van der Waals surface area contributed by atoms with Gasteiger partial charge in [0.2, 0.25) is 0 Å². The Morgan fingerprint density at radius 3 is 0.273 bits per heavy atom. The van der Waals surface area contributed by atoms with Gasteiger partial charge in [-0.3, -0.25) is 0 Å². The molecule has 0 aliphatic heterocycles. The van der Waals surface area contributed by atoms with Crippen molar-refractivity contribution in [2.75, 3.05) is 0 Å². The molecule has 0 fully saturated rings. The van der Waals surface area contributed by atoms with E-state index in [1.54, 1.807) is 0 Å². The van der Waals surface area contributed by atoms with Crippen LogP contribution in [0, 0.1) is 0 Å². The third-order valence-electron chi connectivity index (χ3n) is 0. The molecule has 0 saturated carbocycles. The summed E-state index contributed by atoms with van der Waals surface area (Å²) in [5.74, 6) is 0. The van der Waals surface area contributed by atoms with Gasteiger partial charge in [-0.1, -0.05) is 7.43 Å². The first-order valence-electron chi connectivity index (χ1n) is 1.67. The molecule has 0 spiro atoms. The molecule has 0 unspecified atom stereocenters. The average molecular weight is 124 g/mol. The lowest BCUT2D eigenvalue weighted by Crippen LogP contribution is -1.38. The maximum absolute atomic E-state index is 4.00. The predicted octanol–water partition coefficient (Wildman–Crippen LogP) is -3.17. The van der Waals surface area contributed by atoms with E-state index in [9.17, 15) is 0 Å². The molecule has 10 heteroatoms. The van der Waals surface area contributed by atoms with Crippen LogP contribution in [0.15, 0.2) is 0 Å². The first kappa shape index (κ1) is 41.4. The fourth-order valence-corrected chi connectivity index (χ4v) is 0. The monoisotopic (exact) mass is 126 g/mol. The van der Waals surface area contributed by atoms with E-state index in [1.807, 2.05) is 0 Å². The van der Waals surface area contributed by atoms with Crippen LogP contribution in [0.1, 0.15) is 7.43 Å². The Labute approximate surface area is 85.2 Å². The molecule has 20 radical (unpaired) electrons. The van der Waals surface area contributed by atoms with Gasteiger partial charge in [0.25, 0.3) is 0 Å². The van der Waals surface area contributed by atoms with Gasteiger partial charge in [-0.25, -0.2) is 0 Å². The number of hydrogen-bond donors (Lipinski definition) is 0. The van der Waals surface area contributed by atoms with Crippen LogP contribution in [0.5, 0.6) is 0 Å². The van der Waals surface area contributed by atoms with Crippen molar-refractivity contribution in [3.05, 3.63) is 0 Å². The van der Waals surface area contributed by atoms with Crippen molar-refractivity contribution in [3.63, 3.8) is 0 Å². The highest BCUT2D eigenvalue weighted by molar-refractivity contribution is 6.76. The highest BCUT2D eigenvalue weighted by Gasteiger charge is 1.01. The Hall–Kier alpha value is 0.649. The van der Waals surface area contributed by atoms with E-state index in [-0.39, 0.29) is 7.43 Å². The minimum atomic E-state index is 0. The normalized spacial score (nSPS) is 1.82. The molecule has 0 N–H and O–H groups in total. The van der Waals surface area contributed by atoms with Crippen LogP contribution < -0.4 is 0 Å². The van der Waals surface area contributed by atoms with E-state index in [1.165, 1.54) is 0 Å². The zero-order valence-electron chi connectivity index (χ0n) is 5.77. The van der Waals surface area contributed by atoms with Gasteiger partial charge in [0.1, 0.15) is 0 Å². The Morgan fingerprint density at radius 1 is 0.273 bits per heavy atom. The van der Waals surface area contributed by atoms with Crippen LogP contribution in [0.2, 0.25) is 0 Å². The minimum Gasteiger partial charge on any atom is -0.0776 e. The predicted molar refractivity (Wildman–Crippen MR) is 64.3 cm³/mol. The van der Waals surface area contributed by atoms with Crippen LogP contribution in [0.25, 0.3) is 0 Å². The maximum atomic E-state index is 4.00. The lowest BCUT2D eigenvalue weighted by Gasteiger charge is -1.00. The standard InChI is InChI=1S/CH4.5B2/c;5*1-2/h1H4;;;;;. The van der Waals surface area contributed by atoms with Crippen molar-refractivity contribution in [1.82, 2.24) is 0 Å². The quantitative estimate of drug-likeness (QED) is 0.299. The Bertz CT molecular complexity index is 4.83. The molecule has 38 valence electrons. The lowest BCUT2D eigenvalue weighted by atomic mass is 9.81. The fourth-order valence-electron chi connectivity index (χ4n) is 0. The van der Waals surface area contributed by atoms with Crippen LogP contribution >= 0.6 is 0 Å². The van der Waals surface area contributed by atoms with Gasteiger partial charge in [-0.05, 0) is 0 Å². The molecule has 0 bridgehead atoms. The minimum absolute atomic E-state index is 0. The second-order valence-electron chi connectivity index (χ2n) is 0. The molecule has 0 atom stereocenters. The zero-order chi connectivity index (χ0) is 10.0. The molecule has 0 aromatic heterocycles. The average Bonchev–Trinajstić information content (AvgIpc) is 2.20. The van der Waals surface area contributed by atoms with Crippen LogP contribution in [0.3, 0.4) is 0 Å². The van der Waals surface area contributed by atoms with Gasteiger partial charge < -0.3 is 0 Å². The Balaban J connectivity index is -0.00000000694. The summed E-state index contributed by atoms with van der Waals surface area (Å²) in [5.41, 5.74) is 0. The number of hydrogen-bond acceptors (Lipinski definition) is 0. The van der Waals surface area contributed by atoms with Gasteiger partial charge in [0, 0.05) is 77.4 Å². The maximum Gasteiger partial charge on any atom is 0 e. The molecule has 0 amide bonds. The van der Waals surface area contributed by atoms with Gasteiger partial charge in [0.05, 0.1) is 0 Å². The van der Waals surface area contributed by atoms with E-state index in [4.69, 9.17) is 0 Å². The molecule has 0 aromatic rings. The van der Waals surface area contributed by atoms with E-state index in [0.29, 0.717) is 0 Å². The molecular weight excluding hydrogens is 120 g/mol. The van der Waals surface area contributed by atoms with Crippen molar-refractivity contribution in [3.8, 4) is 0 Å². The second-order valence-corrected chi connectivity index (χ2v) is 0. The van der Waals surface area contributed by atoms with Gasteiger partial charge in [0.15, 0.2) is 0 Å². The van der Waals surface area contributed by atoms with Crippen molar-refractivity contribution in [2.45, 2.75) is 7.43 Å². The molecular formula is CH4B10. The summed E-state index contributed by atoms with van der Waals surface area (Å²) in [6.07, 6.45) is 0. The molecule has 0 nitrogen and oxygen atoms in total. The summed E-state index contributed by atoms with van der Waals surface area (Å²) < 4.78 is 0. The van der Waals surface area contributed by atoms with E-state index < -0.39 is 0 Å². The molecule has 0 saturated heterocycles. The van der Waals surface area contributed by atoms with Gasteiger partial charge in [-0.2, -0.15) is 0 Å². The van der Waals surface area contributed by atoms with Crippen molar-refractivity contribution in [1.29, 1.82) is 0 Å². The largest absolute Gasteiger partial charge is 0.0776 e. The lowest BCUT2D eigenvalue weighted by molar-refractivity contribution is 2.50. The van der Waals surface area contributed by atoms with Crippen LogP contribution in [-0.4, -0.2) is 77.4 Å². The molecule has 0 aromatic carbocycles. The first-order chi connectivity index (χ1) is 5.00. The van der Waals surface area contributed by atoms with E-state index in [0.717, 1.165) is 0 Å². The van der Waals surface area contributed by atoms with E-state index in [2.05, 4.69) is 77.4 Å². The summed E-state index contributed by atoms with van der Waals surface area (Å²) in [6, 6.07) is 0. The molecule has 0 aliphatic rings. The SMILES string of the molecule is C.[B][B].[B][B].[B][B].[B][B].[B][B]. The third kappa shape index (κ3) is 1890. The molecule has 0 rings (SSSR count). The molecule has 0 heterocycles. The molecule has 11 heavy (non-hydrogen) atoms. The van der Waals surface area contributed by atoms with Gasteiger partial charge >= 0.3 is 0 Å². The van der Waals surface area contributed by atoms with Gasteiger partial charge in [-0.15, -0.1) is 0 Å². The first-order valence-corrected chi connectivity index (χ1v) is 1.67. The Morgan fingerprint density at radius 2 is 0.273 bits per heavy atom. The third-order valence-corrected chi connectivity index (χ3v) is 0. The second kappa shape index (κ2) is 2350. The Kier molecular flexibility index (Phi) is 8850. The smallest absolute Gasteiger partial charge is 0 e. The topological polar surface area (TPSA) is 0 Å². The van der Waals surface area contributed by atoms with E-state index >= 15 is 0 Å². The van der Waals surface area contributed by atoms with Crippen molar-refractivity contribution >= 4 is 77.4 Å². The highest BCUT2D eigenvalue weighted by Crippen LogP contribution is 0.627. The number of rotatable bonds is 0. The summed E-state index contributed by atoms with van der Waals surface area (Å²) in [6.45, 7) is 0.